The molecule has 2 rings (SSSR count). The lowest BCUT2D eigenvalue weighted by molar-refractivity contribution is -0.142. The molecule has 0 aliphatic heterocycles. The number of carbonyl (C=O) groups is 2. The van der Waals surface area contributed by atoms with Gasteiger partial charge in [-0.3, -0.25) is 4.79 Å². The van der Waals surface area contributed by atoms with E-state index in [-0.39, 0.29) is 24.1 Å². The standard InChI is InChI=1S/C18H25NO6/c1-3-24-11-16(20)19(2)14-8-5-9-15(17(14)21)25-13-7-4-6-12(10-13)18(22)23/h4,6-7,10,14-15,17,21H,3,5,8-9,11H2,1-2H3,(H,22,23)/t14-,15+,17+/m1/s1. The first kappa shape index (κ1) is 19.2. The number of carboxylic acid groups (broad SMARTS) is 1. The van der Waals surface area contributed by atoms with E-state index in [4.69, 9.17) is 14.6 Å². The Kier molecular flexibility index (Phi) is 6.78. The van der Waals surface area contributed by atoms with Gasteiger partial charge in [0.2, 0.25) is 5.91 Å². The number of hydrogen-bond donors (Lipinski definition) is 2. The highest BCUT2D eigenvalue weighted by Gasteiger charge is 2.37. The van der Waals surface area contributed by atoms with Gasteiger partial charge in [0.25, 0.3) is 0 Å². The van der Waals surface area contributed by atoms with Crippen molar-refractivity contribution in [2.75, 3.05) is 20.3 Å². The summed E-state index contributed by atoms with van der Waals surface area (Å²) in [6.07, 6.45) is 0.785. The Labute approximate surface area is 147 Å². The predicted molar refractivity (Wildman–Crippen MR) is 90.7 cm³/mol. The average molecular weight is 351 g/mol. The van der Waals surface area contributed by atoms with Crippen molar-refractivity contribution in [3.05, 3.63) is 29.8 Å². The summed E-state index contributed by atoms with van der Waals surface area (Å²) in [6.45, 7) is 2.26. The number of carbonyl (C=O) groups excluding carboxylic acids is 1. The molecule has 0 radical (unpaired) electrons. The second-order valence-electron chi connectivity index (χ2n) is 6.12. The van der Waals surface area contributed by atoms with Gasteiger partial charge in [-0.15, -0.1) is 0 Å². The molecule has 1 aliphatic carbocycles. The Morgan fingerprint density at radius 1 is 1.32 bits per heavy atom. The average Bonchev–Trinajstić information content (AvgIpc) is 2.61. The van der Waals surface area contributed by atoms with Gasteiger partial charge in [-0.1, -0.05) is 6.07 Å². The topological polar surface area (TPSA) is 96.3 Å². The van der Waals surface area contributed by atoms with Crippen LogP contribution in [0.25, 0.3) is 0 Å². The van der Waals surface area contributed by atoms with Gasteiger partial charge in [0.1, 0.15) is 24.6 Å². The predicted octanol–water partition coefficient (Wildman–Crippen LogP) is 1.54. The molecule has 0 spiro atoms. The molecule has 0 unspecified atom stereocenters. The summed E-state index contributed by atoms with van der Waals surface area (Å²) in [6, 6.07) is 5.82. The van der Waals surface area contributed by atoms with Crippen LogP contribution in [0.1, 0.15) is 36.5 Å². The maximum atomic E-state index is 12.1. The zero-order valence-corrected chi connectivity index (χ0v) is 14.6. The SMILES string of the molecule is CCOCC(=O)N(C)[C@@H]1CCC[C@H](Oc2cccc(C(=O)O)c2)[C@H]1O. The van der Waals surface area contributed by atoms with E-state index in [1.54, 1.807) is 19.2 Å². The van der Waals surface area contributed by atoms with Crippen LogP contribution in [0.15, 0.2) is 24.3 Å². The maximum Gasteiger partial charge on any atom is 0.335 e. The van der Waals surface area contributed by atoms with Gasteiger partial charge in [-0.2, -0.15) is 0 Å². The first-order chi connectivity index (χ1) is 11.9. The van der Waals surface area contributed by atoms with Crippen LogP contribution in [0.2, 0.25) is 0 Å². The lowest BCUT2D eigenvalue weighted by atomic mass is 9.89. The summed E-state index contributed by atoms with van der Waals surface area (Å²) in [4.78, 5) is 24.7. The smallest absolute Gasteiger partial charge is 0.335 e. The first-order valence-corrected chi connectivity index (χ1v) is 8.45. The third-order valence-electron chi connectivity index (χ3n) is 4.45. The van der Waals surface area contributed by atoms with Crippen molar-refractivity contribution in [1.82, 2.24) is 4.90 Å². The second kappa shape index (κ2) is 8.82. The van der Waals surface area contributed by atoms with Gasteiger partial charge >= 0.3 is 5.97 Å². The fraction of sp³-hybridized carbons (Fsp3) is 0.556. The van der Waals surface area contributed by atoms with Crippen molar-refractivity contribution < 1.29 is 29.3 Å². The molecule has 3 atom stereocenters. The van der Waals surface area contributed by atoms with Crippen LogP contribution < -0.4 is 4.74 Å². The number of carboxylic acids is 1. The molecule has 0 aromatic heterocycles. The third kappa shape index (κ3) is 4.93. The Morgan fingerprint density at radius 3 is 2.76 bits per heavy atom. The molecule has 7 heteroatoms. The number of aliphatic hydroxyl groups is 1. The molecule has 1 aromatic rings. The monoisotopic (exact) mass is 351 g/mol. The number of likely N-dealkylation sites (N-methyl/N-ethyl adjacent to an activating group) is 1. The molecule has 1 aliphatic rings. The highest BCUT2D eigenvalue weighted by molar-refractivity contribution is 5.88. The molecule has 0 bridgehead atoms. The molecule has 1 fully saturated rings. The Balaban J connectivity index is 2.04. The normalized spacial score (nSPS) is 23.1. The highest BCUT2D eigenvalue weighted by atomic mass is 16.5. The van der Waals surface area contributed by atoms with Crippen LogP contribution in [0.4, 0.5) is 0 Å². The quantitative estimate of drug-likeness (QED) is 0.774. The lowest BCUT2D eigenvalue weighted by Gasteiger charge is -2.39. The summed E-state index contributed by atoms with van der Waals surface area (Å²) < 4.78 is 11.0. The minimum absolute atomic E-state index is 0.0115. The van der Waals surface area contributed by atoms with Crippen LogP contribution in [-0.4, -0.2) is 65.5 Å². The fourth-order valence-electron chi connectivity index (χ4n) is 3.02. The largest absolute Gasteiger partial charge is 0.488 e. The number of ether oxygens (including phenoxy) is 2. The van der Waals surface area contributed by atoms with E-state index < -0.39 is 18.2 Å². The van der Waals surface area contributed by atoms with E-state index in [1.165, 1.54) is 17.0 Å². The van der Waals surface area contributed by atoms with Crippen molar-refractivity contribution in [3.63, 3.8) is 0 Å². The number of nitrogens with zero attached hydrogens (tertiary/aromatic N) is 1. The van der Waals surface area contributed by atoms with E-state index in [1.807, 2.05) is 6.92 Å². The van der Waals surface area contributed by atoms with Crippen molar-refractivity contribution >= 4 is 11.9 Å². The molecule has 7 nitrogen and oxygen atoms in total. The van der Waals surface area contributed by atoms with Gasteiger partial charge in [0.05, 0.1) is 11.6 Å². The second-order valence-corrected chi connectivity index (χ2v) is 6.12. The molecule has 25 heavy (non-hydrogen) atoms. The van der Waals surface area contributed by atoms with Gasteiger partial charge in [0, 0.05) is 13.7 Å². The van der Waals surface area contributed by atoms with Crippen LogP contribution >= 0.6 is 0 Å². The van der Waals surface area contributed by atoms with Crippen molar-refractivity contribution in [2.45, 2.75) is 44.4 Å². The van der Waals surface area contributed by atoms with Crippen molar-refractivity contribution in [2.24, 2.45) is 0 Å². The Bertz CT molecular complexity index is 605. The van der Waals surface area contributed by atoms with E-state index in [0.29, 0.717) is 25.2 Å². The van der Waals surface area contributed by atoms with Crippen molar-refractivity contribution in [1.29, 1.82) is 0 Å². The van der Waals surface area contributed by atoms with Gasteiger partial charge in [-0.25, -0.2) is 4.79 Å². The van der Waals surface area contributed by atoms with Crippen LogP contribution in [0.5, 0.6) is 5.75 Å². The summed E-state index contributed by atoms with van der Waals surface area (Å²) in [5, 5.41) is 19.7. The van der Waals surface area contributed by atoms with Crippen LogP contribution in [0, 0.1) is 0 Å². The van der Waals surface area contributed by atoms with Crippen molar-refractivity contribution in [3.8, 4) is 5.75 Å². The minimum Gasteiger partial charge on any atom is -0.488 e. The molecular formula is C18H25NO6. The summed E-state index contributed by atoms with van der Waals surface area (Å²) in [5.41, 5.74) is 0.128. The number of benzene rings is 1. The van der Waals surface area contributed by atoms with Gasteiger partial charge in [-0.05, 0) is 44.4 Å². The highest BCUT2D eigenvalue weighted by Crippen LogP contribution is 2.27. The van der Waals surface area contributed by atoms with Gasteiger partial charge in [0.15, 0.2) is 0 Å². The summed E-state index contributed by atoms with van der Waals surface area (Å²) in [7, 11) is 1.66. The molecule has 1 amide bonds. The molecule has 0 heterocycles. The number of hydrogen-bond acceptors (Lipinski definition) is 5. The maximum absolute atomic E-state index is 12.1. The van der Waals surface area contributed by atoms with E-state index >= 15 is 0 Å². The van der Waals surface area contributed by atoms with Gasteiger partial charge < -0.3 is 24.6 Å². The molecule has 1 saturated carbocycles. The first-order valence-electron chi connectivity index (χ1n) is 8.45. The summed E-state index contributed by atoms with van der Waals surface area (Å²) in [5.74, 6) is -0.818. The fourth-order valence-corrected chi connectivity index (χ4v) is 3.02. The summed E-state index contributed by atoms with van der Waals surface area (Å²) >= 11 is 0. The van der Waals surface area contributed by atoms with E-state index in [2.05, 4.69) is 0 Å². The zero-order chi connectivity index (χ0) is 18.4. The third-order valence-corrected chi connectivity index (χ3v) is 4.45. The number of aromatic carboxylic acids is 1. The number of aliphatic hydroxyl groups excluding tert-OH is 1. The minimum atomic E-state index is -1.03. The van der Waals surface area contributed by atoms with Crippen LogP contribution in [-0.2, 0) is 9.53 Å². The van der Waals surface area contributed by atoms with E-state index in [0.717, 1.165) is 6.42 Å². The molecule has 138 valence electrons. The Morgan fingerprint density at radius 2 is 2.08 bits per heavy atom. The Hall–Kier alpha value is -2.12. The van der Waals surface area contributed by atoms with E-state index in [9.17, 15) is 14.7 Å². The molecule has 1 aromatic carbocycles. The lowest BCUT2D eigenvalue weighted by Crippen LogP contribution is -2.54. The number of amides is 1. The molecule has 2 N–H and O–H groups in total. The molecular weight excluding hydrogens is 326 g/mol. The number of rotatable bonds is 7. The zero-order valence-electron chi connectivity index (χ0n) is 14.6. The van der Waals surface area contributed by atoms with Crippen LogP contribution in [0.3, 0.4) is 0 Å². The molecule has 0 saturated heterocycles.